The smallest absolute Gasteiger partial charge is 0.291 e. The van der Waals surface area contributed by atoms with Crippen molar-refractivity contribution in [1.82, 2.24) is 20.6 Å². The molecule has 0 saturated carbocycles. The van der Waals surface area contributed by atoms with Gasteiger partial charge in [-0.2, -0.15) is 5.21 Å². The van der Waals surface area contributed by atoms with Crippen molar-refractivity contribution in [3.05, 3.63) is 24.3 Å². The number of nitrogens with one attached hydrogen (secondary N) is 2. The lowest BCUT2D eigenvalue weighted by molar-refractivity contribution is -0.134. The molecule has 0 spiro atoms. The molecule has 1 aromatic heterocycles. The molecule has 0 aliphatic heterocycles. The number of tetrazole rings is 1. The first-order valence-corrected chi connectivity index (χ1v) is 6.38. The van der Waals surface area contributed by atoms with Crippen molar-refractivity contribution in [2.45, 2.75) is 26.2 Å². The minimum atomic E-state index is -0.594. The summed E-state index contributed by atoms with van der Waals surface area (Å²) in [6, 6.07) is 6.93. The predicted octanol–water partition coefficient (Wildman–Crippen LogP) is 1.56. The van der Waals surface area contributed by atoms with Crippen LogP contribution in [0.3, 0.4) is 0 Å². The van der Waals surface area contributed by atoms with Gasteiger partial charge in [0.05, 0.1) is 0 Å². The lowest BCUT2D eigenvalue weighted by Gasteiger charge is -2.05. The van der Waals surface area contributed by atoms with Crippen molar-refractivity contribution in [1.29, 1.82) is 0 Å². The monoisotopic (exact) mass is 273 g/mol. The molecule has 2 N–H and O–H groups in total. The lowest BCUT2D eigenvalue weighted by Crippen LogP contribution is -2.22. The number of hydrogen-bond acceptors (Lipinski definition) is 5. The molecule has 7 heteroatoms. The maximum atomic E-state index is 11.7. The zero-order chi connectivity index (χ0) is 14.4. The van der Waals surface area contributed by atoms with Crippen LogP contribution in [-0.4, -0.2) is 32.3 Å². The van der Waals surface area contributed by atoms with Crippen molar-refractivity contribution in [3.8, 4) is 11.4 Å². The molecule has 0 unspecified atom stereocenters. The summed E-state index contributed by atoms with van der Waals surface area (Å²) in [7, 11) is 0. The number of nitrogens with zero attached hydrogens (tertiary/aromatic N) is 3. The minimum Gasteiger partial charge on any atom is -0.319 e. The number of aromatic nitrogens is 4. The number of unbranched alkanes of at least 4 members (excludes halogenated alkanes) is 1. The Bertz CT molecular complexity index is 595. The molecule has 0 fully saturated rings. The number of aromatic amines is 1. The number of H-pyrrole nitrogens is 1. The SMILES string of the molecule is CCCCC(=O)C(=O)Nc1cccc(-c2nn[nH]n2)c1. The molecule has 0 radical (unpaired) electrons. The van der Waals surface area contributed by atoms with Gasteiger partial charge < -0.3 is 5.32 Å². The Labute approximate surface area is 115 Å². The van der Waals surface area contributed by atoms with Crippen LogP contribution in [0.15, 0.2) is 24.3 Å². The third kappa shape index (κ3) is 3.47. The van der Waals surface area contributed by atoms with E-state index in [4.69, 9.17) is 0 Å². The Kier molecular flexibility index (Phi) is 4.54. The van der Waals surface area contributed by atoms with Crippen LogP contribution in [0.25, 0.3) is 11.4 Å². The van der Waals surface area contributed by atoms with Gasteiger partial charge in [0.1, 0.15) is 0 Å². The number of anilines is 1. The molecule has 2 rings (SSSR count). The minimum absolute atomic E-state index is 0.271. The number of ketones is 1. The molecule has 7 nitrogen and oxygen atoms in total. The van der Waals surface area contributed by atoms with Crippen molar-refractivity contribution in [2.75, 3.05) is 5.32 Å². The number of hydrogen-bond donors (Lipinski definition) is 2. The van der Waals surface area contributed by atoms with E-state index in [1.165, 1.54) is 0 Å². The van der Waals surface area contributed by atoms with Crippen molar-refractivity contribution in [2.24, 2.45) is 0 Å². The number of carbonyl (C=O) groups excluding carboxylic acids is 2. The number of benzene rings is 1. The quantitative estimate of drug-likeness (QED) is 0.778. The van der Waals surface area contributed by atoms with E-state index in [0.717, 1.165) is 12.8 Å². The summed E-state index contributed by atoms with van der Waals surface area (Å²) >= 11 is 0. The van der Waals surface area contributed by atoms with Crippen LogP contribution >= 0.6 is 0 Å². The van der Waals surface area contributed by atoms with Gasteiger partial charge in [-0.3, -0.25) is 9.59 Å². The fourth-order valence-electron chi connectivity index (χ4n) is 1.67. The standard InChI is InChI=1S/C13H15N5O2/c1-2-3-7-11(19)13(20)14-10-6-4-5-9(8-10)12-15-17-18-16-12/h4-6,8H,2-3,7H2,1H3,(H,14,20)(H,15,16,17,18). The summed E-state index contributed by atoms with van der Waals surface area (Å²) in [6.45, 7) is 1.97. The Morgan fingerprint density at radius 2 is 2.20 bits per heavy atom. The second-order valence-corrected chi connectivity index (χ2v) is 4.30. The topological polar surface area (TPSA) is 101 Å². The van der Waals surface area contributed by atoms with Gasteiger partial charge in [0.2, 0.25) is 11.6 Å². The number of carbonyl (C=O) groups is 2. The normalized spacial score (nSPS) is 10.2. The van der Waals surface area contributed by atoms with E-state index in [0.29, 0.717) is 17.1 Å². The first-order chi connectivity index (χ1) is 9.70. The highest BCUT2D eigenvalue weighted by Crippen LogP contribution is 2.18. The van der Waals surface area contributed by atoms with Gasteiger partial charge in [-0.05, 0) is 23.8 Å². The molecule has 0 bridgehead atoms. The molecule has 0 atom stereocenters. The maximum Gasteiger partial charge on any atom is 0.291 e. The Hall–Kier alpha value is -2.57. The fourth-order valence-corrected chi connectivity index (χ4v) is 1.67. The van der Waals surface area contributed by atoms with E-state index >= 15 is 0 Å². The summed E-state index contributed by atoms with van der Waals surface area (Å²) in [4.78, 5) is 23.3. The van der Waals surface area contributed by atoms with Crippen molar-refractivity contribution < 1.29 is 9.59 Å². The number of amides is 1. The van der Waals surface area contributed by atoms with Crippen LogP contribution in [0.4, 0.5) is 5.69 Å². The highest BCUT2D eigenvalue weighted by molar-refractivity contribution is 6.40. The number of rotatable bonds is 6. The Morgan fingerprint density at radius 3 is 2.90 bits per heavy atom. The van der Waals surface area contributed by atoms with Crippen LogP contribution < -0.4 is 5.32 Å². The average molecular weight is 273 g/mol. The summed E-state index contributed by atoms with van der Waals surface area (Å²) < 4.78 is 0. The fraction of sp³-hybridized carbons (Fsp3) is 0.308. The van der Waals surface area contributed by atoms with Crippen LogP contribution in [0.2, 0.25) is 0 Å². The third-order valence-electron chi connectivity index (χ3n) is 2.73. The van der Waals surface area contributed by atoms with Crippen molar-refractivity contribution >= 4 is 17.4 Å². The molecule has 104 valence electrons. The third-order valence-corrected chi connectivity index (χ3v) is 2.73. The van der Waals surface area contributed by atoms with E-state index in [9.17, 15) is 9.59 Å². The summed E-state index contributed by atoms with van der Waals surface area (Å²) in [5.41, 5.74) is 1.24. The van der Waals surface area contributed by atoms with Crippen LogP contribution in [0.5, 0.6) is 0 Å². The second kappa shape index (κ2) is 6.55. The van der Waals surface area contributed by atoms with E-state index in [2.05, 4.69) is 25.9 Å². The molecule has 2 aromatic rings. The van der Waals surface area contributed by atoms with Crippen LogP contribution in [0.1, 0.15) is 26.2 Å². The molecule has 1 heterocycles. The van der Waals surface area contributed by atoms with Gasteiger partial charge in [0.25, 0.3) is 5.91 Å². The second-order valence-electron chi connectivity index (χ2n) is 4.30. The highest BCUT2D eigenvalue weighted by atomic mass is 16.2. The average Bonchev–Trinajstić information content (AvgIpc) is 2.99. The van der Waals surface area contributed by atoms with Gasteiger partial charge in [-0.15, -0.1) is 10.2 Å². The van der Waals surface area contributed by atoms with Gasteiger partial charge in [-0.1, -0.05) is 25.5 Å². The number of Topliss-reactive ketones (excluding diaryl/α,β-unsaturated/α-hetero) is 1. The molecule has 0 saturated heterocycles. The Morgan fingerprint density at radius 1 is 1.35 bits per heavy atom. The molecule has 20 heavy (non-hydrogen) atoms. The van der Waals surface area contributed by atoms with Crippen LogP contribution in [-0.2, 0) is 9.59 Å². The van der Waals surface area contributed by atoms with E-state index in [-0.39, 0.29) is 6.42 Å². The molecule has 1 aromatic carbocycles. The Balaban J connectivity index is 2.05. The van der Waals surface area contributed by atoms with Crippen molar-refractivity contribution in [3.63, 3.8) is 0 Å². The first kappa shape index (κ1) is 13.9. The predicted molar refractivity (Wildman–Crippen MR) is 72.8 cm³/mol. The maximum absolute atomic E-state index is 11.7. The van der Waals surface area contributed by atoms with E-state index in [1.54, 1.807) is 24.3 Å². The first-order valence-electron chi connectivity index (χ1n) is 6.38. The largest absolute Gasteiger partial charge is 0.319 e. The molecular formula is C13H15N5O2. The lowest BCUT2D eigenvalue weighted by atomic mass is 10.1. The highest BCUT2D eigenvalue weighted by Gasteiger charge is 2.13. The summed E-state index contributed by atoms with van der Waals surface area (Å²) in [5.74, 6) is -0.570. The van der Waals surface area contributed by atoms with Crippen LogP contribution in [0, 0.1) is 0 Å². The van der Waals surface area contributed by atoms with Gasteiger partial charge in [0.15, 0.2) is 0 Å². The van der Waals surface area contributed by atoms with Gasteiger partial charge >= 0.3 is 0 Å². The molecular weight excluding hydrogens is 258 g/mol. The summed E-state index contributed by atoms with van der Waals surface area (Å²) in [6.07, 6.45) is 1.87. The van der Waals surface area contributed by atoms with Gasteiger partial charge in [-0.25, -0.2) is 0 Å². The molecule has 0 aliphatic rings. The van der Waals surface area contributed by atoms with Gasteiger partial charge in [0, 0.05) is 17.7 Å². The zero-order valence-electron chi connectivity index (χ0n) is 11.1. The van der Waals surface area contributed by atoms with E-state index in [1.807, 2.05) is 6.92 Å². The van der Waals surface area contributed by atoms with E-state index < -0.39 is 11.7 Å². The molecule has 0 aliphatic carbocycles. The molecule has 1 amide bonds. The zero-order valence-corrected chi connectivity index (χ0v) is 11.1. The summed E-state index contributed by atoms with van der Waals surface area (Å²) in [5, 5.41) is 16.1.